The van der Waals surface area contributed by atoms with Gasteiger partial charge in [-0.1, -0.05) is 48.2 Å². The zero-order valence-electron chi connectivity index (χ0n) is 14.5. The van der Waals surface area contributed by atoms with Crippen LogP contribution >= 0.6 is 11.8 Å². The Morgan fingerprint density at radius 1 is 1.07 bits per heavy atom. The minimum Gasteiger partial charge on any atom is -0.411 e. The molecular formula is C20H16N4O2S. The van der Waals surface area contributed by atoms with Gasteiger partial charge in [0, 0.05) is 23.5 Å². The van der Waals surface area contributed by atoms with Gasteiger partial charge in [0.1, 0.15) is 0 Å². The molecule has 0 saturated carbocycles. The van der Waals surface area contributed by atoms with Crippen LogP contribution in [-0.4, -0.2) is 26.3 Å². The van der Waals surface area contributed by atoms with Crippen LogP contribution in [0.15, 0.2) is 76.6 Å². The number of hydrogen-bond donors (Lipinski definition) is 1. The lowest BCUT2D eigenvalue weighted by atomic mass is 10.1. The minimum atomic E-state index is -0.397. The van der Waals surface area contributed by atoms with Gasteiger partial charge in [0.05, 0.1) is 10.8 Å². The van der Waals surface area contributed by atoms with Crippen molar-refractivity contribution in [3.63, 3.8) is 0 Å². The first-order valence-corrected chi connectivity index (χ1v) is 9.28. The first kappa shape index (κ1) is 17.2. The third-order valence-electron chi connectivity index (χ3n) is 4.01. The smallest absolute Gasteiger partial charge is 0.277 e. The van der Waals surface area contributed by atoms with Gasteiger partial charge in [0.2, 0.25) is 11.8 Å². The number of nitrogens with zero attached hydrogens (tertiary/aromatic N) is 3. The number of aromatic nitrogens is 3. The van der Waals surface area contributed by atoms with Crippen molar-refractivity contribution in [3.05, 3.63) is 67.0 Å². The molecule has 0 radical (unpaired) electrons. The van der Waals surface area contributed by atoms with Crippen LogP contribution in [0.1, 0.15) is 6.92 Å². The van der Waals surface area contributed by atoms with Crippen LogP contribution in [-0.2, 0) is 4.79 Å². The predicted molar refractivity (Wildman–Crippen MR) is 105 cm³/mol. The van der Waals surface area contributed by atoms with Gasteiger partial charge >= 0.3 is 0 Å². The monoisotopic (exact) mass is 376 g/mol. The zero-order valence-corrected chi connectivity index (χ0v) is 15.3. The van der Waals surface area contributed by atoms with E-state index in [1.807, 2.05) is 48.5 Å². The number of hydrogen-bond acceptors (Lipinski definition) is 6. The average Bonchev–Trinajstić information content (AvgIpc) is 3.17. The first-order valence-electron chi connectivity index (χ1n) is 8.40. The lowest BCUT2D eigenvalue weighted by Gasteiger charge is -2.12. The van der Waals surface area contributed by atoms with Gasteiger partial charge in [0.15, 0.2) is 0 Å². The Balaban J connectivity index is 1.46. The van der Waals surface area contributed by atoms with E-state index in [2.05, 4.69) is 20.5 Å². The number of carbonyl (C=O) groups is 1. The summed E-state index contributed by atoms with van der Waals surface area (Å²) < 4.78 is 5.63. The van der Waals surface area contributed by atoms with Crippen molar-refractivity contribution in [2.75, 3.05) is 5.32 Å². The van der Waals surface area contributed by atoms with Gasteiger partial charge in [0.25, 0.3) is 5.22 Å². The maximum absolute atomic E-state index is 12.6. The van der Waals surface area contributed by atoms with Crippen molar-refractivity contribution >= 4 is 34.1 Å². The first-order chi connectivity index (χ1) is 13.2. The third kappa shape index (κ3) is 3.83. The van der Waals surface area contributed by atoms with Gasteiger partial charge in [-0.25, -0.2) is 0 Å². The molecule has 7 heteroatoms. The fourth-order valence-electron chi connectivity index (χ4n) is 2.64. The van der Waals surface area contributed by atoms with Gasteiger partial charge in [-0.15, -0.1) is 10.2 Å². The molecule has 0 unspecified atom stereocenters. The summed E-state index contributed by atoms with van der Waals surface area (Å²) in [5, 5.41) is 13.0. The van der Waals surface area contributed by atoms with Crippen LogP contribution in [0.5, 0.6) is 0 Å². The molecule has 0 aliphatic carbocycles. The molecule has 0 fully saturated rings. The SMILES string of the molecule is C[C@@H](Sc1nnc(-c2cccnc2)o1)C(=O)Nc1cccc2ccccc12. The summed E-state index contributed by atoms with van der Waals surface area (Å²) in [5.74, 6) is 0.254. The number of anilines is 1. The van der Waals surface area contributed by atoms with Crippen molar-refractivity contribution < 1.29 is 9.21 Å². The van der Waals surface area contributed by atoms with E-state index in [0.717, 1.165) is 22.0 Å². The van der Waals surface area contributed by atoms with Crippen LogP contribution in [0.4, 0.5) is 5.69 Å². The highest BCUT2D eigenvalue weighted by Crippen LogP contribution is 2.28. The fourth-order valence-corrected chi connectivity index (χ4v) is 3.32. The molecule has 0 saturated heterocycles. The Labute approximate surface area is 160 Å². The van der Waals surface area contributed by atoms with Crippen molar-refractivity contribution in [2.24, 2.45) is 0 Å². The maximum atomic E-state index is 12.6. The molecule has 4 aromatic rings. The molecule has 6 nitrogen and oxygen atoms in total. The van der Waals surface area contributed by atoms with Crippen LogP contribution in [0.25, 0.3) is 22.2 Å². The molecule has 27 heavy (non-hydrogen) atoms. The third-order valence-corrected chi connectivity index (χ3v) is 4.94. The molecule has 1 amide bonds. The second kappa shape index (κ2) is 7.59. The molecule has 1 N–H and O–H groups in total. The second-order valence-corrected chi connectivity index (χ2v) is 7.18. The van der Waals surface area contributed by atoms with Crippen molar-refractivity contribution in [1.82, 2.24) is 15.2 Å². The molecule has 0 aliphatic heterocycles. The lowest BCUT2D eigenvalue weighted by molar-refractivity contribution is -0.115. The molecule has 1 atom stereocenters. The quantitative estimate of drug-likeness (QED) is 0.520. The summed E-state index contributed by atoms with van der Waals surface area (Å²) in [6.45, 7) is 1.80. The number of nitrogens with one attached hydrogen (secondary N) is 1. The topological polar surface area (TPSA) is 80.9 Å². The van der Waals surface area contributed by atoms with E-state index in [1.165, 1.54) is 11.8 Å². The van der Waals surface area contributed by atoms with Gasteiger partial charge in [-0.2, -0.15) is 0 Å². The van der Waals surface area contributed by atoms with Crippen LogP contribution < -0.4 is 5.32 Å². The van der Waals surface area contributed by atoms with E-state index in [1.54, 1.807) is 25.4 Å². The number of pyridine rings is 1. The summed E-state index contributed by atoms with van der Waals surface area (Å²) >= 11 is 1.22. The second-order valence-electron chi connectivity index (χ2n) is 5.89. The van der Waals surface area contributed by atoms with E-state index < -0.39 is 5.25 Å². The van der Waals surface area contributed by atoms with E-state index in [0.29, 0.717) is 11.1 Å². The Kier molecular flexibility index (Phi) is 4.84. The predicted octanol–water partition coefficient (Wildman–Crippen LogP) is 4.40. The molecule has 2 aromatic heterocycles. The number of amides is 1. The van der Waals surface area contributed by atoms with Crippen LogP contribution in [0, 0.1) is 0 Å². The highest BCUT2D eigenvalue weighted by Gasteiger charge is 2.19. The Morgan fingerprint density at radius 3 is 2.78 bits per heavy atom. The molecule has 2 heterocycles. The van der Waals surface area contributed by atoms with Gasteiger partial charge in [-0.05, 0) is 30.5 Å². The molecule has 0 bridgehead atoms. The summed E-state index contributed by atoms with van der Waals surface area (Å²) in [4.78, 5) is 16.6. The van der Waals surface area contributed by atoms with E-state index in [4.69, 9.17) is 4.42 Å². The van der Waals surface area contributed by atoms with E-state index in [9.17, 15) is 4.79 Å². The Bertz CT molecular complexity index is 1080. The molecule has 134 valence electrons. The zero-order chi connectivity index (χ0) is 18.6. The maximum Gasteiger partial charge on any atom is 0.277 e. The largest absolute Gasteiger partial charge is 0.411 e. The molecule has 4 rings (SSSR count). The molecule has 0 aliphatic rings. The Hall–Kier alpha value is -3.19. The summed E-state index contributed by atoms with van der Waals surface area (Å²) in [7, 11) is 0. The Morgan fingerprint density at radius 2 is 1.93 bits per heavy atom. The van der Waals surface area contributed by atoms with E-state index in [-0.39, 0.29) is 5.91 Å². The number of benzene rings is 2. The van der Waals surface area contributed by atoms with Crippen molar-refractivity contribution in [3.8, 4) is 11.5 Å². The standard InChI is InChI=1S/C20H16N4O2S/c1-13(27-20-24-23-19(26-20)15-8-5-11-21-12-15)18(25)22-17-10-4-7-14-6-2-3-9-16(14)17/h2-13H,1H3,(H,22,25)/t13-/m1/s1. The number of carbonyl (C=O) groups excluding carboxylic acids is 1. The van der Waals surface area contributed by atoms with E-state index >= 15 is 0 Å². The average molecular weight is 376 g/mol. The van der Waals surface area contributed by atoms with Gasteiger partial charge in [-0.3, -0.25) is 9.78 Å². The fraction of sp³-hybridized carbons (Fsp3) is 0.100. The lowest BCUT2D eigenvalue weighted by Crippen LogP contribution is -2.22. The molecular weight excluding hydrogens is 360 g/mol. The summed E-state index contributed by atoms with van der Waals surface area (Å²) in [6, 6.07) is 17.4. The highest BCUT2D eigenvalue weighted by molar-refractivity contribution is 8.00. The number of thioether (sulfide) groups is 1. The highest BCUT2D eigenvalue weighted by atomic mass is 32.2. The van der Waals surface area contributed by atoms with Crippen LogP contribution in [0.3, 0.4) is 0 Å². The number of rotatable bonds is 5. The summed E-state index contributed by atoms with van der Waals surface area (Å²) in [5.41, 5.74) is 1.52. The van der Waals surface area contributed by atoms with Crippen LogP contribution in [0.2, 0.25) is 0 Å². The minimum absolute atomic E-state index is 0.127. The molecule has 0 spiro atoms. The van der Waals surface area contributed by atoms with Gasteiger partial charge < -0.3 is 9.73 Å². The van der Waals surface area contributed by atoms with Crippen molar-refractivity contribution in [2.45, 2.75) is 17.4 Å². The van der Waals surface area contributed by atoms with Crippen molar-refractivity contribution in [1.29, 1.82) is 0 Å². The number of fused-ring (bicyclic) bond motifs is 1. The molecule has 2 aromatic carbocycles. The normalized spacial score (nSPS) is 12.0. The summed E-state index contributed by atoms with van der Waals surface area (Å²) in [6.07, 6.45) is 3.33.